The van der Waals surface area contributed by atoms with Gasteiger partial charge >= 0.3 is 5.97 Å². The minimum atomic E-state index is -1.11. The lowest BCUT2D eigenvalue weighted by atomic mass is 9.87. The summed E-state index contributed by atoms with van der Waals surface area (Å²) in [4.78, 5) is 11.7. The van der Waals surface area contributed by atoms with Gasteiger partial charge in [0.2, 0.25) is 0 Å². The third kappa shape index (κ3) is 2.34. The molecular formula is C20H18O3. The zero-order valence-electron chi connectivity index (χ0n) is 13.1. The Labute approximate surface area is 134 Å². The number of carboxylic acids is 1. The number of aromatic hydroxyl groups is 1. The third-order valence-corrected chi connectivity index (χ3v) is 4.30. The molecule has 3 rings (SSSR count). The van der Waals surface area contributed by atoms with Crippen LogP contribution in [0.1, 0.15) is 28.4 Å². The Morgan fingerprint density at radius 2 is 1.74 bits per heavy atom. The van der Waals surface area contributed by atoms with Gasteiger partial charge in [-0.2, -0.15) is 0 Å². The summed E-state index contributed by atoms with van der Waals surface area (Å²) in [6.45, 7) is 3.82. The molecule has 23 heavy (non-hydrogen) atoms. The molecule has 0 unspecified atom stereocenters. The topological polar surface area (TPSA) is 57.5 Å². The first-order chi connectivity index (χ1) is 11.1. The van der Waals surface area contributed by atoms with Gasteiger partial charge in [-0.1, -0.05) is 55.5 Å². The lowest BCUT2D eigenvalue weighted by molar-refractivity contribution is 0.0693. The summed E-state index contributed by atoms with van der Waals surface area (Å²) >= 11 is 0. The lowest BCUT2D eigenvalue weighted by Gasteiger charge is -2.18. The first kappa shape index (κ1) is 15.1. The first-order valence-electron chi connectivity index (χ1n) is 7.62. The molecule has 0 heterocycles. The molecule has 0 fully saturated rings. The van der Waals surface area contributed by atoms with Gasteiger partial charge in [-0.25, -0.2) is 4.79 Å². The average molecular weight is 306 g/mol. The summed E-state index contributed by atoms with van der Waals surface area (Å²) in [5.41, 5.74) is 3.50. The molecular weight excluding hydrogens is 288 g/mol. The quantitative estimate of drug-likeness (QED) is 0.732. The number of aryl methyl sites for hydroxylation is 1. The van der Waals surface area contributed by atoms with Crippen molar-refractivity contribution in [3.05, 3.63) is 65.2 Å². The molecule has 3 heteroatoms. The first-order valence-corrected chi connectivity index (χ1v) is 7.62. The fourth-order valence-electron chi connectivity index (χ4n) is 3.24. The smallest absolute Gasteiger partial charge is 0.339 e. The van der Waals surface area contributed by atoms with E-state index in [0.29, 0.717) is 10.9 Å². The minimum absolute atomic E-state index is 0.0235. The second-order valence-electron chi connectivity index (χ2n) is 5.59. The molecule has 0 spiro atoms. The van der Waals surface area contributed by atoms with E-state index in [9.17, 15) is 15.0 Å². The maximum absolute atomic E-state index is 11.7. The second-order valence-corrected chi connectivity index (χ2v) is 5.59. The highest BCUT2D eigenvalue weighted by Crippen LogP contribution is 2.42. The molecule has 0 bridgehead atoms. The predicted molar refractivity (Wildman–Crippen MR) is 92.1 cm³/mol. The lowest BCUT2D eigenvalue weighted by Crippen LogP contribution is -2.04. The molecule has 3 aromatic rings. The highest BCUT2D eigenvalue weighted by Gasteiger charge is 2.23. The zero-order valence-corrected chi connectivity index (χ0v) is 13.1. The maximum atomic E-state index is 11.7. The van der Waals surface area contributed by atoms with Gasteiger partial charge in [-0.05, 0) is 41.0 Å². The van der Waals surface area contributed by atoms with E-state index in [1.54, 1.807) is 13.0 Å². The largest absolute Gasteiger partial charge is 0.506 e. The minimum Gasteiger partial charge on any atom is -0.506 e. The predicted octanol–water partition coefficient (Wildman–Crippen LogP) is 4.78. The molecule has 0 saturated heterocycles. The zero-order chi connectivity index (χ0) is 16.6. The summed E-state index contributed by atoms with van der Waals surface area (Å²) in [5.74, 6) is -1.26. The van der Waals surface area contributed by atoms with Crippen molar-refractivity contribution in [2.45, 2.75) is 20.3 Å². The molecule has 3 aromatic carbocycles. The van der Waals surface area contributed by atoms with Crippen LogP contribution in [-0.2, 0) is 6.42 Å². The Hall–Kier alpha value is -2.81. The van der Waals surface area contributed by atoms with Crippen molar-refractivity contribution >= 4 is 16.7 Å². The van der Waals surface area contributed by atoms with Crippen molar-refractivity contribution in [2.75, 3.05) is 0 Å². The van der Waals surface area contributed by atoms with Crippen LogP contribution in [0, 0.1) is 6.92 Å². The van der Waals surface area contributed by atoms with E-state index in [4.69, 9.17) is 0 Å². The average Bonchev–Trinajstić information content (AvgIpc) is 2.55. The SMILES string of the molecule is CCc1cccc2c(O)c(C(=O)O)c(C)c(-c3ccccc3)c12. The van der Waals surface area contributed by atoms with Crippen molar-refractivity contribution in [2.24, 2.45) is 0 Å². The van der Waals surface area contributed by atoms with Crippen LogP contribution in [0.4, 0.5) is 0 Å². The second kappa shape index (κ2) is 5.76. The summed E-state index contributed by atoms with van der Waals surface area (Å²) in [7, 11) is 0. The van der Waals surface area contributed by atoms with Crippen LogP contribution in [0.15, 0.2) is 48.5 Å². The molecule has 0 atom stereocenters. The maximum Gasteiger partial charge on any atom is 0.339 e. The van der Waals surface area contributed by atoms with Crippen LogP contribution in [0.25, 0.3) is 21.9 Å². The molecule has 0 aromatic heterocycles. The van der Waals surface area contributed by atoms with E-state index < -0.39 is 5.97 Å². The van der Waals surface area contributed by atoms with Gasteiger partial charge in [0.05, 0.1) is 0 Å². The van der Waals surface area contributed by atoms with Gasteiger partial charge in [0.25, 0.3) is 0 Å². The number of fused-ring (bicyclic) bond motifs is 1. The Bertz CT molecular complexity index is 896. The summed E-state index contributed by atoms with van der Waals surface area (Å²) in [6.07, 6.45) is 0.808. The van der Waals surface area contributed by atoms with E-state index in [1.807, 2.05) is 42.5 Å². The van der Waals surface area contributed by atoms with E-state index >= 15 is 0 Å². The van der Waals surface area contributed by atoms with Gasteiger partial charge in [-0.15, -0.1) is 0 Å². The van der Waals surface area contributed by atoms with Crippen LogP contribution in [0.3, 0.4) is 0 Å². The van der Waals surface area contributed by atoms with Crippen molar-refractivity contribution in [3.63, 3.8) is 0 Å². The number of carbonyl (C=O) groups is 1. The fourth-order valence-corrected chi connectivity index (χ4v) is 3.24. The van der Waals surface area contributed by atoms with Gasteiger partial charge in [-0.3, -0.25) is 0 Å². The van der Waals surface area contributed by atoms with Gasteiger partial charge < -0.3 is 10.2 Å². The number of aromatic carboxylic acids is 1. The van der Waals surface area contributed by atoms with E-state index in [2.05, 4.69) is 6.92 Å². The summed E-state index contributed by atoms with van der Waals surface area (Å²) in [6, 6.07) is 15.4. The Balaban J connectivity index is 2.57. The van der Waals surface area contributed by atoms with Crippen LogP contribution in [-0.4, -0.2) is 16.2 Å². The monoisotopic (exact) mass is 306 g/mol. The van der Waals surface area contributed by atoms with E-state index in [1.165, 1.54) is 0 Å². The fraction of sp³-hybridized carbons (Fsp3) is 0.150. The number of benzene rings is 3. The summed E-state index contributed by atoms with van der Waals surface area (Å²) < 4.78 is 0. The third-order valence-electron chi connectivity index (χ3n) is 4.30. The normalized spacial score (nSPS) is 10.9. The van der Waals surface area contributed by atoms with Crippen LogP contribution in [0.2, 0.25) is 0 Å². The molecule has 3 nitrogen and oxygen atoms in total. The van der Waals surface area contributed by atoms with E-state index in [0.717, 1.165) is 28.5 Å². The van der Waals surface area contributed by atoms with Crippen molar-refractivity contribution < 1.29 is 15.0 Å². The molecule has 0 aliphatic rings. The molecule has 116 valence electrons. The molecule has 0 aliphatic heterocycles. The molecule has 0 radical (unpaired) electrons. The van der Waals surface area contributed by atoms with Crippen LogP contribution < -0.4 is 0 Å². The van der Waals surface area contributed by atoms with Gasteiger partial charge in [0.1, 0.15) is 11.3 Å². The van der Waals surface area contributed by atoms with Gasteiger partial charge in [0.15, 0.2) is 0 Å². The Kier molecular flexibility index (Phi) is 3.78. The number of rotatable bonds is 3. The van der Waals surface area contributed by atoms with Crippen molar-refractivity contribution in [1.82, 2.24) is 0 Å². The summed E-state index contributed by atoms with van der Waals surface area (Å²) in [5, 5.41) is 21.6. The number of phenols is 1. The van der Waals surface area contributed by atoms with Crippen LogP contribution in [0.5, 0.6) is 5.75 Å². The Morgan fingerprint density at radius 1 is 1.04 bits per heavy atom. The molecule has 0 aliphatic carbocycles. The molecule has 0 saturated carbocycles. The van der Waals surface area contributed by atoms with Crippen molar-refractivity contribution in [3.8, 4) is 16.9 Å². The number of carboxylic acid groups (broad SMARTS) is 1. The molecule has 2 N–H and O–H groups in total. The Morgan fingerprint density at radius 3 is 2.35 bits per heavy atom. The number of hydrogen-bond donors (Lipinski definition) is 2. The van der Waals surface area contributed by atoms with Crippen molar-refractivity contribution in [1.29, 1.82) is 0 Å². The number of hydrogen-bond acceptors (Lipinski definition) is 2. The van der Waals surface area contributed by atoms with Gasteiger partial charge in [0, 0.05) is 5.39 Å². The van der Waals surface area contributed by atoms with Crippen LogP contribution >= 0.6 is 0 Å². The highest BCUT2D eigenvalue weighted by atomic mass is 16.4. The van der Waals surface area contributed by atoms with E-state index in [-0.39, 0.29) is 11.3 Å². The standard InChI is InChI=1S/C20H18O3/c1-3-13-10-7-11-15-18(13)16(14-8-5-4-6-9-14)12(2)17(19(15)21)20(22)23/h4-11,21H,3H2,1-2H3,(H,22,23). The molecule has 0 amide bonds. The highest BCUT2D eigenvalue weighted by molar-refractivity contribution is 6.10.